The molecule has 0 saturated carbocycles. The van der Waals surface area contributed by atoms with Crippen molar-refractivity contribution in [1.29, 1.82) is 0 Å². The van der Waals surface area contributed by atoms with Crippen LogP contribution >= 0.6 is 11.3 Å². The molecule has 3 aromatic rings. The number of carbonyl (C=O) groups excluding carboxylic acids is 1. The van der Waals surface area contributed by atoms with Crippen molar-refractivity contribution in [2.24, 2.45) is 0 Å². The molecule has 2 N–H and O–H groups in total. The summed E-state index contributed by atoms with van der Waals surface area (Å²) < 4.78 is 28.3. The minimum absolute atomic E-state index is 0.0313. The van der Waals surface area contributed by atoms with Crippen molar-refractivity contribution < 1.29 is 13.2 Å². The lowest BCUT2D eigenvalue weighted by molar-refractivity contribution is 0.102. The van der Waals surface area contributed by atoms with Gasteiger partial charge in [0, 0.05) is 23.2 Å². The summed E-state index contributed by atoms with van der Waals surface area (Å²) in [5, 5.41) is 5.30. The maximum absolute atomic E-state index is 12.9. The van der Waals surface area contributed by atoms with Crippen LogP contribution in [-0.4, -0.2) is 37.3 Å². The lowest BCUT2D eigenvalue weighted by atomic mass is 10.1. The predicted octanol–water partition coefficient (Wildman–Crippen LogP) is 4.80. The second-order valence-corrected chi connectivity index (χ2v) is 10.9. The van der Waals surface area contributed by atoms with E-state index in [9.17, 15) is 13.2 Å². The molecule has 7 nitrogen and oxygen atoms in total. The molecular weight excluding hydrogens is 456 g/mol. The molecule has 4 rings (SSSR count). The van der Waals surface area contributed by atoms with Crippen LogP contribution in [0, 0.1) is 13.8 Å². The van der Waals surface area contributed by atoms with Gasteiger partial charge < -0.3 is 0 Å². The van der Waals surface area contributed by atoms with E-state index >= 15 is 0 Å². The summed E-state index contributed by atoms with van der Waals surface area (Å²) in [5.74, 6) is -0.376. The summed E-state index contributed by atoms with van der Waals surface area (Å²) in [6.45, 7) is 6.65. The first-order chi connectivity index (χ1) is 15.8. The Bertz CT molecular complexity index is 1230. The van der Waals surface area contributed by atoms with Gasteiger partial charge in [-0.25, -0.2) is 13.4 Å². The van der Waals surface area contributed by atoms with E-state index in [0.717, 1.165) is 30.9 Å². The molecule has 33 heavy (non-hydrogen) atoms. The molecule has 9 heteroatoms. The number of aromatic nitrogens is 1. The van der Waals surface area contributed by atoms with Gasteiger partial charge in [-0.2, -0.15) is 0 Å². The fourth-order valence-corrected chi connectivity index (χ4v) is 5.58. The Labute approximate surface area is 198 Å². The SMILES string of the molecule is Cc1ccc(NS(=O)(=O)c2ccc(C)c(C(=O)Nc3nc(CN4CCCCC4)cs3)c2)cc1. The second-order valence-electron chi connectivity index (χ2n) is 8.38. The van der Waals surface area contributed by atoms with Crippen LogP contribution in [0.2, 0.25) is 0 Å². The topological polar surface area (TPSA) is 91.4 Å². The molecule has 0 aliphatic carbocycles. The molecule has 1 aliphatic rings. The molecule has 0 radical (unpaired) electrons. The maximum Gasteiger partial charge on any atom is 0.261 e. The van der Waals surface area contributed by atoms with Crippen LogP contribution in [-0.2, 0) is 16.6 Å². The number of thiazole rings is 1. The number of anilines is 2. The average molecular weight is 485 g/mol. The molecule has 0 atom stereocenters. The van der Waals surface area contributed by atoms with Crippen LogP contribution in [0.5, 0.6) is 0 Å². The van der Waals surface area contributed by atoms with Gasteiger partial charge in [-0.1, -0.05) is 30.2 Å². The highest BCUT2D eigenvalue weighted by Gasteiger charge is 2.19. The minimum Gasteiger partial charge on any atom is -0.298 e. The second kappa shape index (κ2) is 10.0. The normalized spacial score (nSPS) is 14.7. The zero-order valence-electron chi connectivity index (χ0n) is 18.8. The smallest absolute Gasteiger partial charge is 0.261 e. The molecule has 0 unspecified atom stereocenters. The lowest BCUT2D eigenvalue weighted by Gasteiger charge is -2.25. The van der Waals surface area contributed by atoms with Crippen molar-refractivity contribution in [1.82, 2.24) is 9.88 Å². The van der Waals surface area contributed by atoms with E-state index in [-0.39, 0.29) is 10.8 Å². The van der Waals surface area contributed by atoms with Crippen LogP contribution in [0.3, 0.4) is 0 Å². The molecule has 1 aliphatic heterocycles. The highest BCUT2D eigenvalue weighted by atomic mass is 32.2. The first-order valence-corrected chi connectivity index (χ1v) is 13.3. The summed E-state index contributed by atoms with van der Waals surface area (Å²) >= 11 is 1.38. The molecular formula is C24H28N4O3S2. The number of piperidine rings is 1. The van der Waals surface area contributed by atoms with Crippen LogP contribution in [0.25, 0.3) is 0 Å². The number of carbonyl (C=O) groups is 1. The molecule has 0 bridgehead atoms. The largest absolute Gasteiger partial charge is 0.298 e. The molecule has 2 aromatic carbocycles. The number of nitrogens with zero attached hydrogens (tertiary/aromatic N) is 2. The first-order valence-electron chi connectivity index (χ1n) is 11.0. The average Bonchev–Trinajstić information content (AvgIpc) is 3.22. The third-order valence-corrected chi connectivity index (χ3v) is 7.86. The number of hydrogen-bond acceptors (Lipinski definition) is 6. The Hall–Kier alpha value is -2.75. The Kier molecular flexibility index (Phi) is 7.11. The summed E-state index contributed by atoms with van der Waals surface area (Å²) in [6.07, 6.45) is 3.71. The van der Waals surface area contributed by atoms with Crippen molar-refractivity contribution in [2.75, 3.05) is 23.1 Å². The van der Waals surface area contributed by atoms with E-state index in [4.69, 9.17) is 0 Å². The number of rotatable bonds is 7. The first kappa shape index (κ1) is 23.4. The van der Waals surface area contributed by atoms with E-state index in [2.05, 4.69) is 19.9 Å². The molecule has 2 heterocycles. The lowest BCUT2D eigenvalue weighted by Crippen LogP contribution is -2.29. The van der Waals surface area contributed by atoms with Gasteiger partial charge in [0.25, 0.3) is 15.9 Å². The number of hydrogen-bond donors (Lipinski definition) is 2. The molecule has 1 saturated heterocycles. The third-order valence-electron chi connectivity index (χ3n) is 5.67. The van der Waals surface area contributed by atoms with Crippen molar-refractivity contribution >= 4 is 38.1 Å². The summed E-state index contributed by atoms with van der Waals surface area (Å²) in [5.41, 5.74) is 3.43. The van der Waals surface area contributed by atoms with Crippen LogP contribution in [0.15, 0.2) is 52.7 Å². The van der Waals surface area contributed by atoms with Crippen LogP contribution in [0.4, 0.5) is 10.8 Å². The van der Waals surface area contributed by atoms with Gasteiger partial charge in [0.15, 0.2) is 5.13 Å². The van der Waals surface area contributed by atoms with Crippen molar-refractivity contribution in [3.05, 3.63) is 70.2 Å². The molecule has 1 aromatic heterocycles. The van der Waals surface area contributed by atoms with Gasteiger partial charge in [0.2, 0.25) is 0 Å². The Morgan fingerprint density at radius 1 is 1.06 bits per heavy atom. The van der Waals surface area contributed by atoms with Gasteiger partial charge in [0.05, 0.1) is 10.6 Å². The third kappa shape index (κ3) is 5.98. The monoisotopic (exact) mass is 484 g/mol. The number of amides is 1. The standard InChI is InChI=1S/C24H28N4O3S2/c1-17-6-9-19(10-7-17)27-33(30,31)21-11-8-18(2)22(14-21)23(29)26-24-25-20(16-32-24)15-28-12-4-3-5-13-28/h6-11,14,16,27H,3-5,12-13,15H2,1-2H3,(H,25,26,29). The Balaban J connectivity index is 1.47. The number of aryl methyl sites for hydroxylation is 2. The maximum atomic E-state index is 12.9. The van der Waals surface area contributed by atoms with Crippen LogP contribution < -0.4 is 10.0 Å². The highest BCUT2D eigenvalue weighted by Crippen LogP contribution is 2.23. The fourth-order valence-electron chi connectivity index (χ4n) is 3.80. The minimum atomic E-state index is -3.83. The number of sulfonamides is 1. The van der Waals surface area contributed by atoms with E-state index in [1.807, 2.05) is 24.4 Å². The van der Waals surface area contributed by atoms with Crippen LogP contribution in [0.1, 0.15) is 46.4 Å². The number of benzene rings is 2. The summed E-state index contributed by atoms with van der Waals surface area (Å²) in [7, 11) is -3.83. The van der Waals surface area contributed by atoms with Crippen molar-refractivity contribution in [3.63, 3.8) is 0 Å². The molecule has 0 spiro atoms. The summed E-state index contributed by atoms with van der Waals surface area (Å²) in [6, 6.07) is 11.6. The fraction of sp³-hybridized carbons (Fsp3) is 0.333. The molecule has 1 amide bonds. The van der Waals surface area contributed by atoms with E-state index in [0.29, 0.717) is 21.9 Å². The van der Waals surface area contributed by atoms with E-state index in [1.165, 1.54) is 42.7 Å². The van der Waals surface area contributed by atoms with Gasteiger partial charge in [0.1, 0.15) is 0 Å². The molecule has 1 fully saturated rings. The van der Waals surface area contributed by atoms with Crippen molar-refractivity contribution in [2.45, 2.75) is 44.6 Å². The zero-order chi connectivity index (χ0) is 23.4. The quantitative estimate of drug-likeness (QED) is 0.503. The Morgan fingerprint density at radius 2 is 1.79 bits per heavy atom. The molecule has 174 valence electrons. The van der Waals surface area contributed by atoms with Crippen molar-refractivity contribution in [3.8, 4) is 0 Å². The zero-order valence-corrected chi connectivity index (χ0v) is 20.4. The summed E-state index contributed by atoms with van der Waals surface area (Å²) in [4.78, 5) is 19.9. The van der Waals surface area contributed by atoms with E-state index < -0.39 is 10.0 Å². The number of likely N-dealkylation sites (tertiary alicyclic amines) is 1. The Morgan fingerprint density at radius 3 is 2.52 bits per heavy atom. The van der Waals surface area contributed by atoms with Gasteiger partial charge >= 0.3 is 0 Å². The van der Waals surface area contributed by atoms with Gasteiger partial charge in [-0.05, 0) is 69.6 Å². The van der Waals surface area contributed by atoms with E-state index in [1.54, 1.807) is 25.1 Å². The highest BCUT2D eigenvalue weighted by molar-refractivity contribution is 7.92. The van der Waals surface area contributed by atoms with Gasteiger partial charge in [-0.3, -0.25) is 19.7 Å². The number of nitrogens with one attached hydrogen (secondary N) is 2. The predicted molar refractivity (Wildman–Crippen MR) is 132 cm³/mol. The van der Waals surface area contributed by atoms with Gasteiger partial charge in [-0.15, -0.1) is 11.3 Å².